The summed E-state index contributed by atoms with van der Waals surface area (Å²) in [6.07, 6.45) is 1.60. The molecule has 0 bridgehead atoms. The van der Waals surface area contributed by atoms with Gasteiger partial charge in [0.25, 0.3) is 11.8 Å². The van der Waals surface area contributed by atoms with E-state index < -0.39 is 0 Å². The van der Waals surface area contributed by atoms with Crippen LogP contribution in [0.25, 0.3) is 0 Å². The Morgan fingerprint density at radius 3 is 2.11 bits per heavy atom. The van der Waals surface area contributed by atoms with Crippen molar-refractivity contribution in [3.05, 3.63) is 59.4 Å². The molecular weight excluding hydrogens is 342 g/mol. The zero-order valence-electron chi connectivity index (χ0n) is 16.1. The van der Waals surface area contributed by atoms with Gasteiger partial charge in [0.1, 0.15) is 17.1 Å². The molecule has 0 atom stereocenters. The first-order valence-electron chi connectivity index (χ1n) is 9.16. The van der Waals surface area contributed by atoms with Gasteiger partial charge in [0.2, 0.25) is 0 Å². The van der Waals surface area contributed by atoms with E-state index in [-0.39, 0.29) is 23.2 Å². The molecule has 1 heterocycles. The van der Waals surface area contributed by atoms with Crippen molar-refractivity contribution in [2.24, 2.45) is 5.92 Å². The fourth-order valence-electron chi connectivity index (χ4n) is 2.46. The van der Waals surface area contributed by atoms with Crippen LogP contribution in [0, 0.1) is 5.92 Å². The Bertz CT molecular complexity index is 758. The second-order valence-electron chi connectivity index (χ2n) is 6.70. The van der Waals surface area contributed by atoms with Gasteiger partial charge in [0.15, 0.2) is 0 Å². The first-order chi connectivity index (χ1) is 13.0. The standard InChI is InChI=1S/C21H27N3O3/c1-15(2)11-13-22-20(25)18-5-4-6-19(24-18)21(26)23-14-12-16-7-9-17(27-3)10-8-16/h4-10,15H,11-14H2,1-3H3,(H,22,25)(H,23,26). The van der Waals surface area contributed by atoms with Crippen molar-refractivity contribution in [2.45, 2.75) is 26.7 Å². The van der Waals surface area contributed by atoms with E-state index in [2.05, 4.69) is 29.5 Å². The molecular formula is C21H27N3O3. The van der Waals surface area contributed by atoms with E-state index in [9.17, 15) is 9.59 Å². The van der Waals surface area contributed by atoms with Gasteiger partial charge in [0, 0.05) is 13.1 Å². The third kappa shape index (κ3) is 6.73. The van der Waals surface area contributed by atoms with Crippen LogP contribution in [0.4, 0.5) is 0 Å². The van der Waals surface area contributed by atoms with Crippen molar-refractivity contribution in [1.29, 1.82) is 0 Å². The first-order valence-corrected chi connectivity index (χ1v) is 9.16. The molecule has 0 unspecified atom stereocenters. The quantitative estimate of drug-likeness (QED) is 0.712. The molecule has 6 nitrogen and oxygen atoms in total. The van der Waals surface area contributed by atoms with Crippen molar-refractivity contribution in [3.63, 3.8) is 0 Å². The van der Waals surface area contributed by atoms with Crippen LogP contribution in [0.5, 0.6) is 5.75 Å². The number of hydrogen-bond donors (Lipinski definition) is 2. The number of rotatable bonds is 9. The SMILES string of the molecule is COc1ccc(CCNC(=O)c2cccc(C(=O)NCCC(C)C)n2)cc1. The van der Waals surface area contributed by atoms with Gasteiger partial charge in [-0.15, -0.1) is 0 Å². The van der Waals surface area contributed by atoms with Crippen LogP contribution in [-0.2, 0) is 6.42 Å². The molecule has 2 aromatic rings. The van der Waals surface area contributed by atoms with E-state index >= 15 is 0 Å². The Kier molecular flexibility index (Phi) is 7.79. The van der Waals surface area contributed by atoms with Crippen LogP contribution in [0.2, 0.25) is 0 Å². The monoisotopic (exact) mass is 369 g/mol. The largest absolute Gasteiger partial charge is 0.497 e. The summed E-state index contributed by atoms with van der Waals surface area (Å²) >= 11 is 0. The fourth-order valence-corrected chi connectivity index (χ4v) is 2.46. The average molecular weight is 369 g/mol. The predicted molar refractivity (Wildman–Crippen MR) is 105 cm³/mol. The van der Waals surface area contributed by atoms with Crippen LogP contribution in [0.1, 0.15) is 46.8 Å². The lowest BCUT2D eigenvalue weighted by molar-refractivity contribution is 0.0944. The van der Waals surface area contributed by atoms with Gasteiger partial charge in [0.05, 0.1) is 7.11 Å². The maximum Gasteiger partial charge on any atom is 0.269 e. The molecule has 1 aromatic heterocycles. The molecule has 2 amide bonds. The summed E-state index contributed by atoms with van der Waals surface area (Å²) < 4.78 is 5.13. The van der Waals surface area contributed by atoms with E-state index in [4.69, 9.17) is 4.74 Å². The number of carbonyl (C=O) groups excluding carboxylic acids is 2. The van der Waals surface area contributed by atoms with E-state index in [1.807, 2.05) is 24.3 Å². The second kappa shape index (κ2) is 10.3. The van der Waals surface area contributed by atoms with Crippen molar-refractivity contribution >= 4 is 11.8 Å². The Morgan fingerprint density at radius 2 is 1.56 bits per heavy atom. The number of nitrogens with zero attached hydrogens (tertiary/aromatic N) is 1. The summed E-state index contributed by atoms with van der Waals surface area (Å²) in [5.41, 5.74) is 1.59. The molecule has 2 N–H and O–H groups in total. The minimum absolute atomic E-state index is 0.237. The van der Waals surface area contributed by atoms with Crippen LogP contribution in [-0.4, -0.2) is 37.0 Å². The summed E-state index contributed by atoms with van der Waals surface area (Å²) in [6, 6.07) is 12.6. The molecule has 0 spiro atoms. The number of amides is 2. The number of ether oxygens (including phenoxy) is 1. The van der Waals surface area contributed by atoms with E-state index in [1.165, 1.54) is 0 Å². The van der Waals surface area contributed by atoms with E-state index in [1.54, 1.807) is 25.3 Å². The Hall–Kier alpha value is -2.89. The van der Waals surface area contributed by atoms with Gasteiger partial charge < -0.3 is 15.4 Å². The molecule has 0 aliphatic carbocycles. The van der Waals surface area contributed by atoms with E-state index in [0.29, 0.717) is 25.4 Å². The molecule has 0 aliphatic rings. The first kappa shape index (κ1) is 20.4. The van der Waals surface area contributed by atoms with Crippen molar-refractivity contribution in [2.75, 3.05) is 20.2 Å². The highest BCUT2D eigenvalue weighted by molar-refractivity contribution is 5.96. The second-order valence-corrected chi connectivity index (χ2v) is 6.70. The Labute approximate surface area is 160 Å². The van der Waals surface area contributed by atoms with Crippen LogP contribution >= 0.6 is 0 Å². The van der Waals surface area contributed by atoms with E-state index in [0.717, 1.165) is 17.7 Å². The van der Waals surface area contributed by atoms with Crippen molar-refractivity contribution < 1.29 is 14.3 Å². The number of methoxy groups -OCH3 is 1. The molecule has 0 aliphatic heterocycles. The summed E-state index contributed by atoms with van der Waals surface area (Å²) in [5.74, 6) is 0.764. The molecule has 0 radical (unpaired) electrons. The highest BCUT2D eigenvalue weighted by Crippen LogP contribution is 2.11. The van der Waals surface area contributed by atoms with Crippen molar-refractivity contribution in [3.8, 4) is 5.75 Å². The number of hydrogen-bond acceptors (Lipinski definition) is 4. The number of carbonyl (C=O) groups is 2. The van der Waals surface area contributed by atoms with Crippen LogP contribution in [0.15, 0.2) is 42.5 Å². The lowest BCUT2D eigenvalue weighted by atomic mass is 10.1. The number of pyridine rings is 1. The summed E-state index contributed by atoms with van der Waals surface area (Å²) in [7, 11) is 1.63. The maximum absolute atomic E-state index is 12.3. The molecule has 27 heavy (non-hydrogen) atoms. The van der Waals surface area contributed by atoms with Gasteiger partial charge in [-0.2, -0.15) is 0 Å². The zero-order valence-corrected chi connectivity index (χ0v) is 16.1. The average Bonchev–Trinajstić information content (AvgIpc) is 2.68. The molecule has 0 saturated carbocycles. The van der Waals surface area contributed by atoms with Crippen LogP contribution < -0.4 is 15.4 Å². The van der Waals surface area contributed by atoms with Gasteiger partial charge in [-0.05, 0) is 48.6 Å². The molecule has 0 fully saturated rings. The zero-order chi connectivity index (χ0) is 19.6. The van der Waals surface area contributed by atoms with Gasteiger partial charge in [-0.3, -0.25) is 9.59 Å². The molecule has 2 rings (SSSR count). The number of nitrogens with one attached hydrogen (secondary N) is 2. The summed E-state index contributed by atoms with van der Waals surface area (Å²) in [6.45, 7) is 5.27. The van der Waals surface area contributed by atoms with Gasteiger partial charge in [-0.25, -0.2) is 4.98 Å². The Morgan fingerprint density at radius 1 is 0.963 bits per heavy atom. The third-order valence-corrected chi connectivity index (χ3v) is 4.08. The highest BCUT2D eigenvalue weighted by atomic mass is 16.5. The molecule has 0 saturated heterocycles. The van der Waals surface area contributed by atoms with Gasteiger partial charge in [-0.1, -0.05) is 32.0 Å². The minimum atomic E-state index is -0.291. The lowest BCUT2D eigenvalue weighted by Gasteiger charge is -2.08. The maximum atomic E-state index is 12.3. The smallest absolute Gasteiger partial charge is 0.269 e. The lowest BCUT2D eigenvalue weighted by Crippen LogP contribution is -2.29. The summed E-state index contributed by atoms with van der Waals surface area (Å²) in [5, 5.41) is 5.66. The molecule has 6 heteroatoms. The minimum Gasteiger partial charge on any atom is -0.497 e. The molecule has 1 aromatic carbocycles. The number of aromatic nitrogens is 1. The van der Waals surface area contributed by atoms with Crippen LogP contribution in [0.3, 0.4) is 0 Å². The summed E-state index contributed by atoms with van der Waals surface area (Å²) in [4.78, 5) is 28.6. The normalized spacial score (nSPS) is 10.5. The fraction of sp³-hybridized carbons (Fsp3) is 0.381. The molecule has 144 valence electrons. The van der Waals surface area contributed by atoms with Gasteiger partial charge >= 0.3 is 0 Å². The predicted octanol–water partition coefficient (Wildman–Crippen LogP) is 2.84. The third-order valence-electron chi connectivity index (χ3n) is 4.08. The Balaban J connectivity index is 1.85. The number of benzene rings is 1. The highest BCUT2D eigenvalue weighted by Gasteiger charge is 2.12. The van der Waals surface area contributed by atoms with Crippen molar-refractivity contribution in [1.82, 2.24) is 15.6 Å². The topological polar surface area (TPSA) is 80.3 Å².